The first-order chi connectivity index (χ1) is 12.5. The summed E-state index contributed by atoms with van der Waals surface area (Å²) in [5.74, 6) is -0.212. The summed E-state index contributed by atoms with van der Waals surface area (Å²) < 4.78 is 49.9. The molecule has 0 aliphatic rings. The average molecular weight is 579 g/mol. The van der Waals surface area contributed by atoms with Gasteiger partial charge in [-0.05, 0) is 59.9 Å². The van der Waals surface area contributed by atoms with Gasteiger partial charge < -0.3 is 9.47 Å². The summed E-state index contributed by atoms with van der Waals surface area (Å²) >= 11 is 9.34. The first kappa shape index (κ1) is 21.6. The molecule has 0 radical (unpaired) electrons. The van der Waals surface area contributed by atoms with Crippen LogP contribution in [0.5, 0.6) is 17.5 Å². The molecule has 0 spiro atoms. The number of halogens is 6. The highest BCUT2D eigenvalue weighted by molar-refractivity contribution is 9.11. The van der Waals surface area contributed by atoms with Crippen LogP contribution in [0.25, 0.3) is 0 Å². The monoisotopic (exact) mass is 576 g/mol. The number of nitrogens with zero attached hydrogens (tertiary/aromatic N) is 6. The van der Waals surface area contributed by atoms with Crippen molar-refractivity contribution < 1.29 is 22.6 Å². The topological polar surface area (TPSA) is 79.9 Å². The summed E-state index contributed by atoms with van der Waals surface area (Å²) in [5.41, 5.74) is 0. The number of benzene rings is 1. The molecule has 0 atom stereocenters. The number of hydrogen-bond donors (Lipinski definition) is 0. The third-order valence-electron chi connectivity index (χ3n) is 2.63. The number of hydrogen-bond acceptors (Lipinski definition) is 6. The minimum absolute atomic E-state index is 0.135. The van der Waals surface area contributed by atoms with Gasteiger partial charge in [0.25, 0.3) is 0 Å². The smallest absolute Gasteiger partial charge is 0.424 e. The first-order valence-electron chi connectivity index (χ1n) is 6.86. The predicted octanol–water partition coefficient (Wildman–Crippen LogP) is 4.61. The van der Waals surface area contributed by atoms with Gasteiger partial charge in [-0.1, -0.05) is 6.07 Å². The molecule has 27 heavy (non-hydrogen) atoms. The Morgan fingerprint density at radius 1 is 0.926 bits per heavy atom. The second kappa shape index (κ2) is 9.01. The van der Waals surface area contributed by atoms with Gasteiger partial charge in [0.15, 0.2) is 4.73 Å². The van der Waals surface area contributed by atoms with Crippen molar-refractivity contribution in [3.05, 3.63) is 38.5 Å². The third-order valence-corrected chi connectivity index (χ3v) is 3.99. The van der Waals surface area contributed by atoms with Gasteiger partial charge in [0.05, 0.1) is 0 Å². The van der Waals surface area contributed by atoms with Gasteiger partial charge in [-0.3, -0.25) is 0 Å². The van der Waals surface area contributed by atoms with E-state index in [-0.39, 0.29) is 17.5 Å². The molecule has 146 valence electrons. The highest BCUT2D eigenvalue weighted by Gasteiger charge is 2.31. The Balaban J connectivity index is 0.000000273. The van der Waals surface area contributed by atoms with Crippen LogP contribution in [0.1, 0.15) is 0 Å². The van der Waals surface area contributed by atoms with Crippen molar-refractivity contribution in [1.82, 2.24) is 29.5 Å². The lowest BCUT2D eigenvalue weighted by atomic mass is 10.3. The van der Waals surface area contributed by atoms with E-state index >= 15 is 0 Å². The zero-order valence-corrected chi connectivity index (χ0v) is 18.3. The van der Waals surface area contributed by atoms with Crippen molar-refractivity contribution >= 4 is 47.8 Å². The van der Waals surface area contributed by atoms with Crippen molar-refractivity contribution in [2.24, 2.45) is 14.1 Å². The lowest BCUT2D eigenvalue weighted by molar-refractivity contribution is -0.274. The summed E-state index contributed by atoms with van der Waals surface area (Å²) in [6.45, 7) is 0. The molecule has 0 bridgehead atoms. The van der Waals surface area contributed by atoms with Gasteiger partial charge in [-0.25, -0.2) is 9.36 Å². The number of aryl methyl sites for hydroxylation is 2. The Labute approximate surface area is 176 Å². The van der Waals surface area contributed by atoms with Crippen LogP contribution in [-0.2, 0) is 14.1 Å². The zero-order valence-electron chi connectivity index (χ0n) is 13.6. The Hall–Kier alpha value is -1.67. The molecule has 1 aromatic carbocycles. The van der Waals surface area contributed by atoms with Crippen molar-refractivity contribution in [3.63, 3.8) is 0 Å². The van der Waals surface area contributed by atoms with Gasteiger partial charge in [-0.15, -0.1) is 23.4 Å². The number of ether oxygens (including phenoxy) is 2. The molecule has 0 aliphatic carbocycles. The van der Waals surface area contributed by atoms with Gasteiger partial charge >= 0.3 is 12.4 Å². The predicted molar refractivity (Wildman–Crippen MR) is 98.3 cm³/mol. The lowest BCUT2D eigenvalue weighted by Gasteiger charge is -2.10. The molecule has 2 heterocycles. The molecule has 8 nitrogen and oxygen atoms in total. The zero-order chi connectivity index (χ0) is 20.2. The lowest BCUT2D eigenvalue weighted by Crippen LogP contribution is -2.17. The highest BCUT2D eigenvalue weighted by Crippen LogP contribution is 2.28. The molecule has 0 saturated carbocycles. The fourth-order valence-corrected chi connectivity index (χ4v) is 2.89. The van der Waals surface area contributed by atoms with E-state index < -0.39 is 6.36 Å². The maximum absolute atomic E-state index is 12.1. The molecule has 0 fully saturated rings. The quantitative estimate of drug-likeness (QED) is 0.452. The van der Waals surface area contributed by atoms with E-state index in [0.29, 0.717) is 9.47 Å². The second-order valence-electron chi connectivity index (χ2n) is 4.69. The summed E-state index contributed by atoms with van der Waals surface area (Å²) in [6, 6.07) is 5.27. The van der Waals surface area contributed by atoms with Gasteiger partial charge in [0.1, 0.15) is 11.5 Å². The second-order valence-corrected chi connectivity index (χ2v) is 6.81. The average Bonchev–Trinajstić information content (AvgIpc) is 2.98. The van der Waals surface area contributed by atoms with Crippen molar-refractivity contribution in [1.29, 1.82) is 0 Å². The minimum Gasteiger partial charge on any atom is -0.424 e. The fourth-order valence-electron chi connectivity index (χ4n) is 1.61. The molecule has 14 heteroatoms. The highest BCUT2D eigenvalue weighted by atomic mass is 79.9. The van der Waals surface area contributed by atoms with Crippen LogP contribution in [0.3, 0.4) is 0 Å². The van der Waals surface area contributed by atoms with E-state index in [1.54, 1.807) is 11.7 Å². The van der Waals surface area contributed by atoms with Crippen molar-refractivity contribution in [3.8, 4) is 17.5 Å². The van der Waals surface area contributed by atoms with E-state index in [1.807, 2.05) is 7.05 Å². The maximum Gasteiger partial charge on any atom is 0.573 e. The Morgan fingerprint density at radius 3 is 1.96 bits per heavy atom. The molecular formula is C13H10Br3F3N6O2. The van der Waals surface area contributed by atoms with Crippen LogP contribution in [0.2, 0.25) is 0 Å². The molecule has 3 rings (SSSR count). The molecule has 3 aromatic rings. The molecule has 0 aliphatic heterocycles. The van der Waals surface area contributed by atoms with Gasteiger partial charge in [-0.2, -0.15) is 9.97 Å². The van der Waals surface area contributed by atoms with Crippen LogP contribution >= 0.6 is 47.8 Å². The molecule has 0 saturated heterocycles. The molecule has 0 unspecified atom stereocenters. The molecular weight excluding hydrogens is 569 g/mol. The third kappa shape index (κ3) is 7.10. The van der Waals surface area contributed by atoms with E-state index in [1.165, 1.54) is 22.9 Å². The standard InChI is InChI=1S/C10H7BrF3N3O2.C3H3Br2N3/c1-17-9(15-8(11)16-17)18-6-3-2-4-7(5-6)19-10(12,13)14;1-8-3(5)6-2(4)7-8/h2-5H,1H3;1H3. The van der Waals surface area contributed by atoms with Crippen molar-refractivity contribution in [2.75, 3.05) is 0 Å². The van der Waals surface area contributed by atoms with E-state index in [0.717, 1.165) is 10.8 Å². The van der Waals surface area contributed by atoms with Crippen LogP contribution in [0, 0.1) is 0 Å². The number of alkyl halides is 3. The van der Waals surface area contributed by atoms with Crippen molar-refractivity contribution in [2.45, 2.75) is 6.36 Å². The summed E-state index contributed by atoms with van der Waals surface area (Å²) in [5, 5.41) is 7.76. The number of aromatic nitrogens is 6. The Kier molecular flexibility index (Phi) is 7.22. The minimum atomic E-state index is -4.74. The van der Waals surface area contributed by atoms with E-state index in [2.05, 4.69) is 72.7 Å². The van der Waals surface area contributed by atoms with Gasteiger partial charge in [0.2, 0.25) is 9.47 Å². The van der Waals surface area contributed by atoms with Crippen LogP contribution < -0.4 is 9.47 Å². The normalized spacial score (nSPS) is 11.0. The molecule has 2 aromatic heterocycles. The van der Waals surface area contributed by atoms with E-state index in [4.69, 9.17) is 4.74 Å². The van der Waals surface area contributed by atoms with Gasteiger partial charge in [0, 0.05) is 20.2 Å². The SMILES string of the molecule is Cn1nc(Br)nc1Br.Cn1nc(Br)nc1Oc1cccc(OC(F)(F)F)c1. The summed E-state index contributed by atoms with van der Waals surface area (Å²) in [4.78, 5) is 7.79. The summed E-state index contributed by atoms with van der Waals surface area (Å²) in [7, 11) is 3.39. The Morgan fingerprint density at radius 2 is 1.52 bits per heavy atom. The molecule has 0 N–H and O–H groups in total. The first-order valence-corrected chi connectivity index (χ1v) is 9.23. The van der Waals surface area contributed by atoms with Crippen LogP contribution in [0.4, 0.5) is 13.2 Å². The fraction of sp³-hybridized carbons (Fsp3) is 0.231. The van der Waals surface area contributed by atoms with E-state index in [9.17, 15) is 13.2 Å². The van der Waals surface area contributed by atoms with Crippen LogP contribution in [0.15, 0.2) is 38.5 Å². The van der Waals surface area contributed by atoms with Crippen LogP contribution in [-0.4, -0.2) is 35.9 Å². The molecule has 0 amide bonds. The maximum atomic E-state index is 12.1. The largest absolute Gasteiger partial charge is 0.573 e. The Bertz CT molecular complexity index is 896. The number of rotatable bonds is 3. The summed E-state index contributed by atoms with van der Waals surface area (Å²) in [6.07, 6.45) is -4.74.